The van der Waals surface area contributed by atoms with Crippen LogP contribution in [0.5, 0.6) is 0 Å². The van der Waals surface area contributed by atoms with E-state index in [-0.39, 0.29) is 0 Å². The van der Waals surface area contributed by atoms with Gasteiger partial charge in [0, 0.05) is 44.4 Å². The SMILES string of the molecule is CN=C(NCc1nc(-c2ccc(Cl)cc2)no1)N(C)CCC1CCOCC1. The van der Waals surface area contributed by atoms with Crippen molar-refractivity contribution in [1.82, 2.24) is 20.4 Å². The lowest BCUT2D eigenvalue weighted by Crippen LogP contribution is -2.39. The molecule has 0 bridgehead atoms. The van der Waals surface area contributed by atoms with Crippen molar-refractivity contribution < 1.29 is 9.26 Å². The predicted octanol–water partition coefficient (Wildman–Crippen LogP) is 3.21. The maximum atomic E-state index is 5.91. The van der Waals surface area contributed by atoms with Crippen LogP contribution in [0.4, 0.5) is 0 Å². The molecule has 1 aromatic carbocycles. The second kappa shape index (κ2) is 9.71. The molecule has 7 nitrogen and oxygen atoms in total. The molecule has 0 amide bonds. The van der Waals surface area contributed by atoms with Gasteiger partial charge in [-0.25, -0.2) is 0 Å². The summed E-state index contributed by atoms with van der Waals surface area (Å²) in [6.45, 7) is 3.14. The minimum atomic E-state index is 0.425. The molecule has 146 valence electrons. The summed E-state index contributed by atoms with van der Waals surface area (Å²) in [6, 6.07) is 7.35. The highest BCUT2D eigenvalue weighted by atomic mass is 35.5. The Balaban J connectivity index is 1.49. The molecule has 0 atom stereocenters. The number of hydrogen-bond donors (Lipinski definition) is 1. The van der Waals surface area contributed by atoms with Gasteiger partial charge in [0.25, 0.3) is 0 Å². The fraction of sp³-hybridized carbons (Fsp3) is 0.526. The first-order valence-electron chi connectivity index (χ1n) is 9.23. The van der Waals surface area contributed by atoms with Crippen molar-refractivity contribution in [2.24, 2.45) is 10.9 Å². The maximum absolute atomic E-state index is 5.91. The number of benzene rings is 1. The zero-order chi connectivity index (χ0) is 19.1. The third kappa shape index (κ3) is 5.68. The van der Waals surface area contributed by atoms with Crippen molar-refractivity contribution >= 4 is 17.6 Å². The van der Waals surface area contributed by atoms with Crippen molar-refractivity contribution in [3.05, 3.63) is 35.2 Å². The zero-order valence-electron chi connectivity index (χ0n) is 15.8. The lowest BCUT2D eigenvalue weighted by Gasteiger charge is -2.26. The summed E-state index contributed by atoms with van der Waals surface area (Å²) >= 11 is 5.91. The number of aliphatic imine (C=N–C) groups is 1. The molecule has 1 aromatic heterocycles. The standard InChI is InChI=1S/C19H26ClN5O2/c1-21-19(25(2)10-7-14-8-11-26-12-9-14)22-13-17-23-18(24-27-17)15-3-5-16(20)6-4-15/h3-6,14H,7-13H2,1-2H3,(H,21,22). The lowest BCUT2D eigenvalue weighted by atomic mass is 9.96. The van der Waals surface area contributed by atoms with Crippen LogP contribution in [0.25, 0.3) is 11.4 Å². The first kappa shape index (κ1) is 19.6. The van der Waals surface area contributed by atoms with Crippen molar-refractivity contribution in [2.45, 2.75) is 25.8 Å². The van der Waals surface area contributed by atoms with Gasteiger partial charge in [0.2, 0.25) is 11.7 Å². The summed E-state index contributed by atoms with van der Waals surface area (Å²) in [5.41, 5.74) is 0.868. The van der Waals surface area contributed by atoms with Gasteiger partial charge >= 0.3 is 0 Å². The molecule has 0 spiro atoms. The molecule has 1 N–H and O–H groups in total. The third-order valence-corrected chi connectivity index (χ3v) is 5.01. The number of ether oxygens (including phenoxy) is 1. The van der Waals surface area contributed by atoms with Crippen molar-refractivity contribution in [3.8, 4) is 11.4 Å². The van der Waals surface area contributed by atoms with Crippen LogP contribution in [0.3, 0.4) is 0 Å². The van der Waals surface area contributed by atoms with Gasteiger partial charge in [0.15, 0.2) is 5.96 Å². The summed E-state index contributed by atoms with van der Waals surface area (Å²) in [7, 11) is 3.82. The Morgan fingerprint density at radius 3 is 2.74 bits per heavy atom. The van der Waals surface area contributed by atoms with E-state index in [4.69, 9.17) is 20.9 Å². The average Bonchev–Trinajstić information content (AvgIpc) is 3.17. The Hall–Kier alpha value is -2.12. The Kier molecular flexibility index (Phi) is 7.06. The van der Waals surface area contributed by atoms with Gasteiger partial charge in [-0.05, 0) is 49.4 Å². The molecule has 3 rings (SSSR count). The van der Waals surface area contributed by atoms with Gasteiger partial charge in [-0.1, -0.05) is 16.8 Å². The highest BCUT2D eigenvalue weighted by molar-refractivity contribution is 6.30. The molecule has 0 saturated carbocycles. The van der Waals surface area contributed by atoms with Crippen LogP contribution in [0, 0.1) is 5.92 Å². The average molecular weight is 392 g/mol. The van der Waals surface area contributed by atoms with Crippen LogP contribution in [-0.2, 0) is 11.3 Å². The molecule has 2 heterocycles. The molecule has 1 aliphatic heterocycles. The summed E-state index contributed by atoms with van der Waals surface area (Å²) in [6.07, 6.45) is 3.44. The number of halogens is 1. The van der Waals surface area contributed by atoms with Crippen molar-refractivity contribution in [3.63, 3.8) is 0 Å². The summed E-state index contributed by atoms with van der Waals surface area (Å²) in [4.78, 5) is 10.9. The van der Waals surface area contributed by atoms with Gasteiger partial charge in [-0.3, -0.25) is 4.99 Å². The number of aromatic nitrogens is 2. The molecule has 8 heteroatoms. The number of nitrogens with zero attached hydrogens (tertiary/aromatic N) is 4. The van der Waals surface area contributed by atoms with E-state index >= 15 is 0 Å². The second-order valence-corrected chi connectivity index (χ2v) is 7.12. The maximum Gasteiger partial charge on any atom is 0.246 e. The Morgan fingerprint density at radius 1 is 1.30 bits per heavy atom. The molecule has 1 aliphatic rings. The van der Waals surface area contributed by atoms with Gasteiger partial charge in [0.05, 0.1) is 6.54 Å². The van der Waals surface area contributed by atoms with E-state index in [1.165, 1.54) is 0 Å². The quantitative estimate of drug-likeness (QED) is 0.602. The minimum absolute atomic E-state index is 0.425. The van der Waals surface area contributed by atoms with Crippen LogP contribution in [-0.4, -0.2) is 54.9 Å². The van der Waals surface area contributed by atoms with Crippen LogP contribution in [0.1, 0.15) is 25.2 Å². The molecule has 0 radical (unpaired) electrons. The van der Waals surface area contributed by atoms with E-state index in [1.54, 1.807) is 19.2 Å². The normalized spacial score (nSPS) is 15.7. The van der Waals surface area contributed by atoms with E-state index < -0.39 is 0 Å². The molecular weight excluding hydrogens is 366 g/mol. The van der Waals surface area contributed by atoms with E-state index in [0.717, 1.165) is 56.5 Å². The topological polar surface area (TPSA) is 75.8 Å². The van der Waals surface area contributed by atoms with Gasteiger partial charge in [0.1, 0.15) is 0 Å². The fourth-order valence-electron chi connectivity index (χ4n) is 3.10. The van der Waals surface area contributed by atoms with Gasteiger partial charge < -0.3 is 19.5 Å². The molecule has 1 saturated heterocycles. The van der Waals surface area contributed by atoms with E-state index in [0.29, 0.717) is 23.3 Å². The monoisotopic (exact) mass is 391 g/mol. The van der Waals surface area contributed by atoms with Crippen LogP contribution < -0.4 is 5.32 Å². The lowest BCUT2D eigenvalue weighted by molar-refractivity contribution is 0.0625. The van der Waals surface area contributed by atoms with Crippen molar-refractivity contribution in [2.75, 3.05) is 33.9 Å². The minimum Gasteiger partial charge on any atom is -0.381 e. The predicted molar refractivity (Wildman–Crippen MR) is 106 cm³/mol. The summed E-state index contributed by atoms with van der Waals surface area (Å²) in [5.74, 6) is 2.61. The Labute approximate surface area is 164 Å². The number of guanidine groups is 1. The second-order valence-electron chi connectivity index (χ2n) is 6.69. The van der Waals surface area contributed by atoms with Crippen LogP contribution >= 0.6 is 11.6 Å². The van der Waals surface area contributed by atoms with Crippen LogP contribution in [0.2, 0.25) is 5.02 Å². The summed E-state index contributed by atoms with van der Waals surface area (Å²) < 4.78 is 10.8. The number of rotatable bonds is 6. The van der Waals surface area contributed by atoms with Gasteiger partial charge in [-0.2, -0.15) is 4.98 Å². The first-order chi connectivity index (χ1) is 13.2. The first-order valence-corrected chi connectivity index (χ1v) is 9.61. The third-order valence-electron chi connectivity index (χ3n) is 4.76. The number of hydrogen-bond acceptors (Lipinski definition) is 5. The van der Waals surface area contributed by atoms with E-state index in [2.05, 4.69) is 25.3 Å². The van der Waals surface area contributed by atoms with E-state index in [9.17, 15) is 0 Å². The number of nitrogens with one attached hydrogen (secondary N) is 1. The molecule has 27 heavy (non-hydrogen) atoms. The van der Waals surface area contributed by atoms with E-state index in [1.807, 2.05) is 19.2 Å². The molecule has 2 aromatic rings. The molecular formula is C19H26ClN5O2. The Bertz CT molecular complexity index is 741. The smallest absolute Gasteiger partial charge is 0.246 e. The highest BCUT2D eigenvalue weighted by Crippen LogP contribution is 2.19. The molecule has 0 aliphatic carbocycles. The van der Waals surface area contributed by atoms with Crippen LogP contribution in [0.15, 0.2) is 33.8 Å². The largest absolute Gasteiger partial charge is 0.381 e. The molecule has 1 fully saturated rings. The van der Waals surface area contributed by atoms with Crippen molar-refractivity contribution in [1.29, 1.82) is 0 Å². The fourth-order valence-corrected chi connectivity index (χ4v) is 3.23. The zero-order valence-corrected chi connectivity index (χ0v) is 16.6. The summed E-state index contributed by atoms with van der Waals surface area (Å²) in [5, 5.41) is 7.99. The highest BCUT2D eigenvalue weighted by Gasteiger charge is 2.16. The van der Waals surface area contributed by atoms with Gasteiger partial charge in [-0.15, -0.1) is 0 Å². The molecule has 0 unspecified atom stereocenters. The Morgan fingerprint density at radius 2 is 2.04 bits per heavy atom.